The van der Waals surface area contributed by atoms with Crippen molar-refractivity contribution in [3.8, 4) is 0 Å². The van der Waals surface area contributed by atoms with Gasteiger partial charge in [-0.15, -0.1) is 0 Å². The zero-order valence-electron chi connectivity index (χ0n) is 14.1. The first-order chi connectivity index (χ1) is 10.2. The fraction of sp³-hybridized carbons (Fsp3) is 0.882. The number of carboxylic acids is 1. The number of carbonyl (C=O) groups excluding carboxylic acids is 1. The molecule has 126 valence electrons. The van der Waals surface area contributed by atoms with E-state index in [2.05, 4.69) is 0 Å². The largest absolute Gasteiger partial charge is 0.481 e. The second kappa shape index (κ2) is 6.47. The summed E-state index contributed by atoms with van der Waals surface area (Å²) >= 11 is 0. The number of ether oxygens (including phenoxy) is 1. The summed E-state index contributed by atoms with van der Waals surface area (Å²) < 4.78 is 5.44. The first-order valence-electron chi connectivity index (χ1n) is 8.42. The maximum atomic E-state index is 12.2. The minimum atomic E-state index is -0.694. The lowest BCUT2D eigenvalue weighted by atomic mass is 9.60. The van der Waals surface area contributed by atoms with E-state index in [9.17, 15) is 9.59 Å². The molecule has 1 N–H and O–H groups in total. The second-order valence-corrected chi connectivity index (χ2v) is 7.87. The summed E-state index contributed by atoms with van der Waals surface area (Å²) in [6.07, 6.45) is 6.28. The lowest BCUT2D eigenvalue weighted by molar-refractivity contribution is -0.140. The van der Waals surface area contributed by atoms with Gasteiger partial charge in [0.05, 0.1) is 0 Å². The fourth-order valence-electron chi connectivity index (χ4n) is 4.03. The van der Waals surface area contributed by atoms with Crippen molar-refractivity contribution in [2.75, 3.05) is 13.1 Å². The molecule has 1 saturated heterocycles. The van der Waals surface area contributed by atoms with Gasteiger partial charge in [-0.25, -0.2) is 4.79 Å². The van der Waals surface area contributed by atoms with E-state index in [1.54, 1.807) is 4.90 Å². The number of amides is 1. The van der Waals surface area contributed by atoms with Crippen LogP contribution in [-0.2, 0) is 9.53 Å². The molecule has 1 amide bonds. The minimum Gasteiger partial charge on any atom is -0.481 e. The van der Waals surface area contributed by atoms with Gasteiger partial charge < -0.3 is 14.7 Å². The molecule has 0 aromatic rings. The summed E-state index contributed by atoms with van der Waals surface area (Å²) in [5.41, 5.74) is -0.349. The predicted molar refractivity (Wildman–Crippen MR) is 83.7 cm³/mol. The monoisotopic (exact) mass is 311 g/mol. The van der Waals surface area contributed by atoms with E-state index in [4.69, 9.17) is 9.84 Å². The van der Waals surface area contributed by atoms with Crippen molar-refractivity contribution in [3.05, 3.63) is 0 Å². The van der Waals surface area contributed by atoms with E-state index in [1.807, 2.05) is 20.8 Å². The number of aliphatic carboxylic acids is 1. The number of rotatable bonds is 2. The SMILES string of the molecule is CC(C)(C)OC(=O)N1CCC2(CCCCC2CC(=O)O)CC1. The van der Waals surface area contributed by atoms with Crippen molar-refractivity contribution in [1.29, 1.82) is 0 Å². The van der Waals surface area contributed by atoms with Crippen LogP contribution in [0.5, 0.6) is 0 Å². The zero-order valence-corrected chi connectivity index (χ0v) is 14.1. The lowest BCUT2D eigenvalue weighted by Gasteiger charge is -2.49. The van der Waals surface area contributed by atoms with Crippen LogP contribution in [0, 0.1) is 11.3 Å². The van der Waals surface area contributed by atoms with Gasteiger partial charge in [0, 0.05) is 19.5 Å². The Morgan fingerprint density at radius 1 is 1.18 bits per heavy atom. The highest BCUT2D eigenvalue weighted by molar-refractivity contribution is 5.68. The predicted octanol–water partition coefficient (Wildman–Crippen LogP) is 3.67. The van der Waals surface area contributed by atoms with Gasteiger partial charge in [-0.3, -0.25) is 4.79 Å². The van der Waals surface area contributed by atoms with Crippen LogP contribution < -0.4 is 0 Å². The van der Waals surface area contributed by atoms with E-state index in [-0.39, 0.29) is 23.8 Å². The average molecular weight is 311 g/mol. The van der Waals surface area contributed by atoms with Gasteiger partial charge in [-0.05, 0) is 57.8 Å². The molecule has 1 heterocycles. The van der Waals surface area contributed by atoms with E-state index in [0.29, 0.717) is 13.1 Å². The van der Waals surface area contributed by atoms with Gasteiger partial charge in [0.1, 0.15) is 5.60 Å². The molecule has 22 heavy (non-hydrogen) atoms. The van der Waals surface area contributed by atoms with Crippen LogP contribution in [0.15, 0.2) is 0 Å². The Labute approximate surface area is 133 Å². The van der Waals surface area contributed by atoms with Crippen LogP contribution in [-0.4, -0.2) is 40.8 Å². The number of carboxylic acid groups (broad SMARTS) is 1. The molecule has 0 aromatic carbocycles. The quantitative estimate of drug-likeness (QED) is 0.845. The van der Waals surface area contributed by atoms with Crippen molar-refractivity contribution in [2.45, 2.75) is 71.3 Å². The Morgan fingerprint density at radius 2 is 1.82 bits per heavy atom. The van der Waals surface area contributed by atoms with Crippen LogP contribution in [0.4, 0.5) is 4.79 Å². The smallest absolute Gasteiger partial charge is 0.410 e. The molecule has 5 heteroatoms. The molecular formula is C17H29NO4. The summed E-state index contributed by atoms with van der Waals surface area (Å²) in [5, 5.41) is 9.16. The number of hydrogen-bond donors (Lipinski definition) is 1. The Balaban J connectivity index is 1.96. The van der Waals surface area contributed by atoms with Gasteiger partial charge in [0.15, 0.2) is 0 Å². The summed E-state index contributed by atoms with van der Waals surface area (Å²) in [6.45, 7) is 7.00. The minimum absolute atomic E-state index is 0.120. The first-order valence-corrected chi connectivity index (χ1v) is 8.42. The topological polar surface area (TPSA) is 66.8 Å². The lowest BCUT2D eigenvalue weighted by Crippen LogP contribution is -2.48. The van der Waals surface area contributed by atoms with Gasteiger partial charge in [0.2, 0.25) is 0 Å². The highest BCUT2D eigenvalue weighted by Crippen LogP contribution is 2.50. The summed E-state index contributed by atoms with van der Waals surface area (Å²) in [6, 6.07) is 0. The first kappa shape index (κ1) is 17.1. The molecule has 1 aliphatic carbocycles. The summed E-state index contributed by atoms with van der Waals surface area (Å²) in [5.74, 6) is -0.430. The van der Waals surface area contributed by atoms with Crippen molar-refractivity contribution >= 4 is 12.1 Å². The van der Waals surface area contributed by atoms with E-state index in [0.717, 1.165) is 32.1 Å². The molecule has 1 unspecified atom stereocenters. The Hall–Kier alpha value is -1.26. The summed E-state index contributed by atoms with van der Waals surface area (Å²) in [4.78, 5) is 25.1. The third-order valence-electron chi connectivity index (χ3n) is 5.18. The Bertz CT molecular complexity index is 419. The summed E-state index contributed by atoms with van der Waals surface area (Å²) in [7, 11) is 0. The molecule has 2 fully saturated rings. The third-order valence-corrected chi connectivity index (χ3v) is 5.18. The fourth-order valence-corrected chi connectivity index (χ4v) is 4.03. The molecular weight excluding hydrogens is 282 g/mol. The van der Waals surface area contributed by atoms with Gasteiger partial charge in [-0.2, -0.15) is 0 Å². The second-order valence-electron chi connectivity index (χ2n) is 7.87. The highest BCUT2D eigenvalue weighted by atomic mass is 16.6. The van der Waals surface area contributed by atoms with Crippen LogP contribution in [0.25, 0.3) is 0 Å². The molecule has 0 aromatic heterocycles. The number of hydrogen-bond acceptors (Lipinski definition) is 3. The van der Waals surface area contributed by atoms with Crippen molar-refractivity contribution in [3.63, 3.8) is 0 Å². The normalized spacial score (nSPS) is 25.0. The van der Waals surface area contributed by atoms with Crippen LogP contribution in [0.3, 0.4) is 0 Å². The van der Waals surface area contributed by atoms with Gasteiger partial charge in [-0.1, -0.05) is 12.8 Å². The maximum Gasteiger partial charge on any atom is 0.410 e. The molecule has 2 aliphatic rings. The standard InChI is InChI=1S/C17H29NO4/c1-16(2,3)22-15(21)18-10-8-17(9-11-18)7-5-4-6-13(17)12-14(19)20/h13H,4-12H2,1-3H3,(H,19,20). The van der Waals surface area contributed by atoms with Crippen LogP contribution in [0.2, 0.25) is 0 Å². The van der Waals surface area contributed by atoms with Crippen LogP contribution in [0.1, 0.15) is 65.7 Å². The number of carbonyl (C=O) groups is 2. The molecule has 1 saturated carbocycles. The molecule has 0 radical (unpaired) electrons. The van der Waals surface area contributed by atoms with E-state index >= 15 is 0 Å². The molecule has 1 spiro atoms. The number of likely N-dealkylation sites (tertiary alicyclic amines) is 1. The highest BCUT2D eigenvalue weighted by Gasteiger charge is 2.44. The molecule has 5 nitrogen and oxygen atoms in total. The molecule has 0 bridgehead atoms. The van der Waals surface area contributed by atoms with Crippen LogP contribution >= 0.6 is 0 Å². The molecule has 1 atom stereocenters. The molecule has 2 rings (SSSR count). The Morgan fingerprint density at radius 3 is 2.36 bits per heavy atom. The Kier molecular flexibility index (Phi) is 5.03. The van der Waals surface area contributed by atoms with Crippen molar-refractivity contribution < 1.29 is 19.4 Å². The number of piperidine rings is 1. The molecule has 1 aliphatic heterocycles. The van der Waals surface area contributed by atoms with E-state index < -0.39 is 11.6 Å². The third kappa shape index (κ3) is 4.14. The van der Waals surface area contributed by atoms with Gasteiger partial charge in [0.25, 0.3) is 0 Å². The maximum absolute atomic E-state index is 12.2. The van der Waals surface area contributed by atoms with E-state index in [1.165, 1.54) is 6.42 Å². The number of nitrogens with zero attached hydrogens (tertiary/aromatic N) is 1. The zero-order chi connectivity index (χ0) is 16.4. The van der Waals surface area contributed by atoms with Gasteiger partial charge >= 0.3 is 12.1 Å². The average Bonchev–Trinajstić information content (AvgIpc) is 2.40. The van der Waals surface area contributed by atoms with Crippen molar-refractivity contribution in [1.82, 2.24) is 4.90 Å². The van der Waals surface area contributed by atoms with Crippen molar-refractivity contribution in [2.24, 2.45) is 11.3 Å².